The molecule has 0 bridgehead atoms. The normalized spacial score (nSPS) is 14.8. The fourth-order valence-corrected chi connectivity index (χ4v) is 3.83. The van der Waals surface area contributed by atoms with Gasteiger partial charge in [0, 0.05) is 56.3 Å². The number of nitrogens with one attached hydrogen (secondary N) is 2. The van der Waals surface area contributed by atoms with Gasteiger partial charge in [-0.25, -0.2) is 4.99 Å². The number of hydrogen-bond donors (Lipinski definition) is 2. The number of guanidine groups is 1. The number of amides is 1. The maximum Gasteiger partial charge on any atom is 0.224 e. The number of rotatable bonds is 7. The summed E-state index contributed by atoms with van der Waals surface area (Å²) >= 11 is 1.70. The lowest BCUT2D eigenvalue weighted by atomic mass is 10.2. The number of hydrogen-bond acceptors (Lipinski definition) is 4. The molecule has 0 spiro atoms. The zero-order chi connectivity index (χ0) is 19.6. The van der Waals surface area contributed by atoms with E-state index < -0.39 is 0 Å². The number of aliphatic imine (C=N–C) groups is 1. The van der Waals surface area contributed by atoms with Crippen LogP contribution in [-0.2, 0) is 11.3 Å². The van der Waals surface area contributed by atoms with Crippen molar-refractivity contribution in [2.75, 3.05) is 44.2 Å². The van der Waals surface area contributed by atoms with Gasteiger partial charge in [0.25, 0.3) is 0 Å². The molecule has 1 aromatic carbocycles. The first-order chi connectivity index (χ1) is 13.8. The van der Waals surface area contributed by atoms with Crippen molar-refractivity contribution >= 4 is 28.9 Å². The van der Waals surface area contributed by atoms with Crippen LogP contribution in [0.5, 0.6) is 0 Å². The van der Waals surface area contributed by atoms with Crippen LogP contribution in [0.4, 0.5) is 5.69 Å². The van der Waals surface area contributed by atoms with Crippen LogP contribution in [0.1, 0.15) is 18.2 Å². The van der Waals surface area contributed by atoms with Gasteiger partial charge in [-0.3, -0.25) is 4.79 Å². The van der Waals surface area contributed by atoms with E-state index in [2.05, 4.69) is 56.2 Å². The molecule has 2 N–H and O–H groups in total. The number of benzene rings is 1. The molecule has 0 saturated carbocycles. The third kappa shape index (κ3) is 5.99. The van der Waals surface area contributed by atoms with Crippen LogP contribution < -0.4 is 15.5 Å². The van der Waals surface area contributed by atoms with Crippen molar-refractivity contribution in [1.82, 2.24) is 15.5 Å². The Bertz CT molecular complexity index is 739. The molecule has 1 amide bonds. The van der Waals surface area contributed by atoms with Gasteiger partial charge >= 0.3 is 0 Å². The predicted molar refractivity (Wildman–Crippen MR) is 117 cm³/mol. The van der Waals surface area contributed by atoms with Gasteiger partial charge in [-0.2, -0.15) is 0 Å². The zero-order valence-electron chi connectivity index (χ0n) is 16.4. The van der Waals surface area contributed by atoms with Crippen molar-refractivity contribution in [2.24, 2.45) is 4.99 Å². The van der Waals surface area contributed by atoms with Crippen LogP contribution in [-0.4, -0.2) is 56.0 Å². The first kappa shape index (κ1) is 20.2. The smallest absolute Gasteiger partial charge is 0.224 e. The summed E-state index contributed by atoms with van der Waals surface area (Å²) in [4.78, 5) is 22.6. The standard InChI is InChI=1S/C21H29N5OS/c1-2-22-21(24-17-19-9-6-16-28-19)23-11-10-20(27)26-14-12-25(13-15-26)18-7-4-3-5-8-18/h3-9,16H,2,10-15,17H2,1H3,(H2,22,23,24). The molecular formula is C21H29N5OS. The molecular weight excluding hydrogens is 370 g/mol. The molecule has 2 aromatic rings. The summed E-state index contributed by atoms with van der Waals surface area (Å²) in [5, 5.41) is 8.56. The molecule has 7 heteroatoms. The lowest BCUT2D eigenvalue weighted by Gasteiger charge is -2.36. The monoisotopic (exact) mass is 399 g/mol. The third-order valence-corrected chi connectivity index (χ3v) is 5.56. The molecule has 150 valence electrons. The Balaban J connectivity index is 1.40. The Morgan fingerprint density at radius 2 is 1.86 bits per heavy atom. The van der Waals surface area contributed by atoms with E-state index >= 15 is 0 Å². The summed E-state index contributed by atoms with van der Waals surface area (Å²) in [6.07, 6.45) is 0.481. The summed E-state index contributed by atoms with van der Waals surface area (Å²) in [7, 11) is 0. The summed E-state index contributed by atoms with van der Waals surface area (Å²) < 4.78 is 0. The number of thiophene rings is 1. The average molecular weight is 400 g/mol. The average Bonchev–Trinajstić information content (AvgIpc) is 3.26. The van der Waals surface area contributed by atoms with Gasteiger partial charge in [0.2, 0.25) is 5.91 Å². The minimum absolute atomic E-state index is 0.203. The van der Waals surface area contributed by atoms with Crippen LogP contribution in [0.3, 0.4) is 0 Å². The largest absolute Gasteiger partial charge is 0.368 e. The fraction of sp³-hybridized carbons (Fsp3) is 0.429. The molecule has 1 fully saturated rings. The van der Waals surface area contributed by atoms with E-state index in [0.717, 1.165) is 38.7 Å². The Labute approximate surface area is 171 Å². The van der Waals surface area contributed by atoms with E-state index in [0.29, 0.717) is 19.5 Å². The van der Waals surface area contributed by atoms with E-state index in [1.807, 2.05) is 24.0 Å². The quantitative estimate of drug-likeness (QED) is 0.555. The van der Waals surface area contributed by atoms with Crippen molar-refractivity contribution in [3.05, 3.63) is 52.7 Å². The van der Waals surface area contributed by atoms with Gasteiger partial charge in [0.05, 0.1) is 6.54 Å². The minimum Gasteiger partial charge on any atom is -0.368 e. The molecule has 2 heterocycles. The van der Waals surface area contributed by atoms with Crippen molar-refractivity contribution in [3.8, 4) is 0 Å². The van der Waals surface area contributed by atoms with Crippen LogP contribution in [0, 0.1) is 0 Å². The highest BCUT2D eigenvalue weighted by atomic mass is 32.1. The summed E-state index contributed by atoms with van der Waals surface area (Å²) in [6.45, 7) is 7.41. The molecule has 1 saturated heterocycles. The summed E-state index contributed by atoms with van der Waals surface area (Å²) in [5.41, 5.74) is 1.23. The molecule has 1 aliphatic heterocycles. The van der Waals surface area contributed by atoms with Gasteiger partial charge in [-0.05, 0) is 30.5 Å². The molecule has 28 heavy (non-hydrogen) atoms. The highest BCUT2D eigenvalue weighted by molar-refractivity contribution is 7.09. The van der Waals surface area contributed by atoms with Gasteiger partial charge in [-0.15, -0.1) is 11.3 Å². The first-order valence-electron chi connectivity index (χ1n) is 9.88. The molecule has 0 radical (unpaired) electrons. The molecule has 6 nitrogen and oxygen atoms in total. The minimum atomic E-state index is 0.203. The highest BCUT2D eigenvalue weighted by Gasteiger charge is 2.20. The number of anilines is 1. The van der Waals surface area contributed by atoms with Crippen LogP contribution in [0.15, 0.2) is 52.8 Å². The lowest BCUT2D eigenvalue weighted by Crippen LogP contribution is -2.49. The second kappa shape index (κ2) is 10.7. The number of carbonyl (C=O) groups is 1. The van der Waals surface area contributed by atoms with Crippen LogP contribution >= 0.6 is 11.3 Å². The van der Waals surface area contributed by atoms with E-state index in [9.17, 15) is 4.79 Å². The van der Waals surface area contributed by atoms with Crippen molar-refractivity contribution in [1.29, 1.82) is 0 Å². The van der Waals surface area contributed by atoms with E-state index in [1.165, 1.54) is 10.6 Å². The van der Waals surface area contributed by atoms with E-state index in [1.54, 1.807) is 11.3 Å². The third-order valence-electron chi connectivity index (χ3n) is 4.70. The molecule has 1 aliphatic rings. The first-order valence-corrected chi connectivity index (χ1v) is 10.8. The number of carbonyl (C=O) groups excluding carboxylic acids is 1. The van der Waals surface area contributed by atoms with Gasteiger partial charge in [-0.1, -0.05) is 24.3 Å². The van der Waals surface area contributed by atoms with Crippen molar-refractivity contribution in [3.63, 3.8) is 0 Å². The van der Waals surface area contributed by atoms with E-state index in [-0.39, 0.29) is 5.91 Å². The number of nitrogens with zero attached hydrogens (tertiary/aromatic N) is 3. The molecule has 0 aliphatic carbocycles. The second-order valence-electron chi connectivity index (χ2n) is 6.65. The van der Waals surface area contributed by atoms with E-state index in [4.69, 9.17) is 0 Å². The van der Waals surface area contributed by atoms with Crippen LogP contribution in [0.25, 0.3) is 0 Å². The Hall–Kier alpha value is -2.54. The maximum absolute atomic E-state index is 12.5. The molecule has 0 unspecified atom stereocenters. The topological polar surface area (TPSA) is 60.0 Å². The van der Waals surface area contributed by atoms with Crippen molar-refractivity contribution in [2.45, 2.75) is 19.9 Å². The van der Waals surface area contributed by atoms with Gasteiger partial charge in [0.15, 0.2) is 5.96 Å². The highest BCUT2D eigenvalue weighted by Crippen LogP contribution is 2.15. The Morgan fingerprint density at radius 1 is 1.07 bits per heavy atom. The molecule has 3 rings (SSSR count). The number of para-hydroxylation sites is 1. The summed E-state index contributed by atoms with van der Waals surface area (Å²) in [5.74, 6) is 0.965. The second-order valence-corrected chi connectivity index (χ2v) is 7.69. The zero-order valence-corrected chi connectivity index (χ0v) is 17.3. The summed E-state index contributed by atoms with van der Waals surface area (Å²) in [6, 6.07) is 14.5. The Kier molecular flexibility index (Phi) is 7.72. The fourth-order valence-electron chi connectivity index (χ4n) is 3.20. The van der Waals surface area contributed by atoms with Crippen molar-refractivity contribution < 1.29 is 4.79 Å². The molecule has 0 atom stereocenters. The van der Waals surface area contributed by atoms with Gasteiger partial charge in [0.1, 0.15) is 0 Å². The van der Waals surface area contributed by atoms with Gasteiger partial charge < -0.3 is 20.4 Å². The SMILES string of the molecule is CCNC(=NCc1cccs1)NCCC(=O)N1CCN(c2ccccc2)CC1. The maximum atomic E-state index is 12.5. The van der Waals surface area contributed by atoms with Crippen LogP contribution in [0.2, 0.25) is 0 Å². The lowest BCUT2D eigenvalue weighted by molar-refractivity contribution is -0.131. The molecule has 1 aromatic heterocycles. The number of piperazine rings is 1. The Morgan fingerprint density at radius 3 is 2.54 bits per heavy atom. The predicted octanol–water partition coefficient (Wildman–Crippen LogP) is 2.54.